The lowest BCUT2D eigenvalue weighted by atomic mass is 10.0. The normalized spacial score (nSPS) is 11.8. The Morgan fingerprint density at radius 2 is 0.532 bits per heavy atom. The number of nitrogens with zero attached hydrogens (tertiary/aromatic N) is 8. The van der Waals surface area contributed by atoms with E-state index in [-0.39, 0.29) is 0 Å². The summed E-state index contributed by atoms with van der Waals surface area (Å²) >= 11 is 0. The predicted octanol–water partition coefficient (Wildman–Crippen LogP) is 22.7. The molecule has 8 nitrogen and oxygen atoms in total. The van der Waals surface area contributed by atoms with E-state index in [1.54, 1.807) is 0 Å². The van der Waals surface area contributed by atoms with Gasteiger partial charge in [-0.2, -0.15) is 0 Å². The lowest BCUT2D eigenvalue weighted by Gasteiger charge is -2.27. The van der Waals surface area contributed by atoms with Crippen molar-refractivity contribution in [3.8, 4) is 34.1 Å². The smallest absolute Gasteiger partial charge is 0.165 e. The molecule has 0 fully saturated rings. The zero-order valence-electron chi connectivity index (χ0n) is 52.4. The maximum absolute atomic E-state index is 6.61. The number of hydrogen-bond donors (Lipinski definition) is 0. The fourth-order valence-corrected chi connectivity index (χ4v) is 14.9. The summed E-state index contributed by atoms with van der Waals surface area (Å²) < 4.78 is 9.97. The summed E-state index contributed by atoms with van der Waals surface area (Å²) in [6.07, 6.45) is 3.89. The van der Waals surface area contributed by atoms with E-state index in [2.05, 4.69) is 347 Å². The maximum atomic E-state index is 6.61. The number of aromatic nitrogens is 6. The van der Waals surface area contributed by atoms with Gasteiger partial charge in [0.25, 0.3) is 0 Å². The van der Waals surface area contributed by atoms with Crippen LogP contribution in [0.3, 0.4) is 0 Å². The Bertz CT molecular complexity index is 5480. The Labute approximate surface area is 543 Å². The summed E-state index contributed by atoms with van der Waals surface area (Å²) in [6.45, 7) is 8.80. The van der Waals surface area contributed by atoms with Crippen LogP contribution >= 0.6 is 0 Å². The van der Waals surface area contributed by atoms with Gasteiger partial charge < -0.3 is 18.9 Å². The molecule has 0 saturated heterocycles. The van der Waals surface area contributed by atoms with Gasteiger partial charge in [0, 0.05) is 95.2 Å². The van der Waals surface area contributed by atoms with Crippen LogP contribution in [0.4, 0.5) is 34.1 Å². The largest absolute Gasteiger partial charge is 0.310 e. The van der Waals surface area contributed by atoms with Crippen molar-refractivity contribution in [3.05, 3.63) is 326 Å². The Kier molecular flexibility index (Phi) is 12.6. The molecule has 94 heavy (non-hydrogen) atoms. The molecule has 18 rings (SSSR count). The van der Waals surface area contributed by atoms with Gasteiger partial charge >= 0.3 is 0 Å². The number of pyridine rings is 2. The van der Waals surface area contributed by atoms with Crippen LogP contribution in [0.25, 0.3) is 121 Å². The van der Waals surface area contributed by atoms with Gasteiger partial charge in [0.05, 0.1) is 44.1 Å². The van der Waals surface area contributed by atoms with Crippen molar-refractivity contribution in [1.82, 2.24) is 28.2 Å². The van der Waals surface area contributed by atoms with Crippen LogP contribution < -0.4 is 9.80 Å². The lowest BCUT2D eigenvalue weighted by molar-refractivity contribution is 0.960. The molecular formula is C86H62N8. The van der Waals surface area contributed by atoms with Gasteiger partial charge in [-0.1, -0.05) is 156 Å². The number of anilines is 6. The molecule has 18 aromatic rings. The molecule has 0 radical (unpaired) electrons. The first-order chi connectivity index (χ1) is 46.3. The van der Waals surface area contributed by atoms with Gasteiger partial charge in [-0.15, -0.1) is 0 Å². The minimum absolute atomic E-state index is 0.766. The SMILES string of the molecule is Cc1ccc2c(c1)c1cc(C)ccc1n2-c1c(-n2c3ccccc3c3cc(N(c4ccccc4)c4ccccc4)ccc32)nc(-n2c3ccccc3c3cc(N(c4ccccc4)c4ccccc4)ccc32)c(-n2c3ccc(C)cc3c3cc(C)ccc32)c1-c1ccncc1. The molecule has 446 valence electrons. The summed E-state index contributed by atoms with van der Waals surface area (Å²) in [4.78, 5) is 16.1. The highest BCUT2D eigenvalue weighted by atomic mass is 15.2. The Hall–Kier alpha value is -12.3. The quantitative estimate of drug-likeness (QED) is 0.129. The Balaban J connectivity index is 1.06. The van der Waals surface area contributed by atoms with Crippen molar-refractivity contribution in [3.63, 3.8) is 0 Å². The Morgan fingerprint density at radius 3 is 0.883 bits per heavy atom. The molecule has 8 heteroatoms. The van der Waals surface area contributed by atoms with Crippen molar-refractivity contribution in [2.24, 2.45) is 0 Å². The third-order valence-electron chi connectivity index (χ3n) is 19.0. The van der Waals surface area contributed by atoms with Crippen LogP contribution in [0.2, 0.25) is 0 Å². The molecule has 0 aliphatic carbocycles. The average Bonchev–Trinajstić information content (AvgIpc) is 1.45. The van der Waals surface area contributed by atoms with Gasteiger partial charge in [0.15, 0.2) is 11.6 Å². The molecule has 6 aromatic heterocycles. The average molecular weight is 1210 g/mol. The summed E-state index contributed by atoms with van der Waals surface area (Å²) in [6, 6.07) is 107. The molecule has 0 aliphatic rings. The van der Waals surface area contributed by atoms with Gasteiger partial charge in [0.2, 0.25) is 0 Å². The van der Waals surface area contributed by atoms with Crippen LogP contribution in [0.15, 0.2) is 304 Å². The predicted molar refractivity (Wildman–Crippen MR) is 393 cm³/mol. The second-order valence-electron chi connectivity index (χ2n) is 24.9. The van der Waals surface area contributed by atoms with Crippen LogP contribution in [0, 0.1) is 27.7 Å². The van der Waals surface area contributed by atoms with Gasteiger partial charge in [-0.05, 0) is 191 Å². The molecule has 12 aromatic carbocycles. The van der Waals surface area contributed by atoms with Gasteiger partial charge in [0.1, 0.15) is 11.4 Å². The highest BCUT2D eigenvalue weighted by Gasteiger charge is 2.33. The highest BCUT2D eigenvalue weighted by molar-refractivity contribution is 6.17. The first kappa shape index (κ1) is 54.7. The van der Waals surface area contributed by atoms with E-state index in [1.165, 1.54) is 43.8 Å². The van der Waals surface area contributed by atoms with Crippen LogP contribution in [0.5, 0.6) is 0 Å². The van der Waals surface area contributed by atoms with E-state index in [4.69, 9.17) is 9.97 Å². The first-order valence-corrected chi connectivity index (χ1v) is 32.2. The summed E-state index contributed by atoms with van der Waals surface area (Å²) in [7, 11) is 0. The minimum atomic E-state index is 0.766. The minimum Gasteiger partial charge on any atom is -0.310 e. The standard InChI is InChI=1S/C86H62N8/c1-55-33-39-76-68(49-55)69-50-56(2)34-40-77(69)91(76)83-82(59-45-47-87-48-46-59)84(92-78-41-35-57(3)51-70(78)71-52-58(4)36-42-79(71)92)86(94-75-32-20-18-30-67(75)73-54-65(38-44-81(73)94)90(62-25-13-7-14-26-62)63-27-15-8-16-28-63)88-85(83)93-74-31-19-17-29-66(74)72-53-64(37-43-80(72)93)89(60-21-9-5-10-22-60)61-23-11-6-12-24-61/h5-54H,1-4H3. The zero-order chi connectivity index (χ0) is 62.7. The molecular weight excluding hydrogens is 1150 g/mol. The monoisotopic (exact) mass is 1210 g/mol. The number of aryl methyl sites for hydroxylation is 4. The molecule has 0 unspecified atom stereocenters. The fourth-order valence-electron chi connectivity index (χ4n) is 14.9. The molecule has 0 amide bonds. The molecule has 0 aliphatic heterocycles. The van der Waals surface area contributed by atoms with Gasteiger partial charge in [-0.3, -0.25) is 14.1 Å². The van der Waals surface area contributed by atoms with E-state index in [0.717, 1.165) is 134 Å². The van der Waals surface area contributed by atoms with Crippen molar-refractivity contribution in [1.29, 1.82) is 0 Å². The second kappa shape index (κ2) is 21.7. The van der Waals surface area contributed by atoms with E-state index in [9.17, 15) is 0 Å². The molecule has 0 spiro atoms. The molecule has 0 bridgehead atoms. The van der Waals surface area contributed by atoms with E-state index in [1.807, 2.05) is 12.4 Å². The van der Waals surface area contributed by atoms with Crippen LogP contribution in [0.1, 0.15) is 22.3 Å². The van der Waals surface area contributed by atoms with Gasteiger partial charge in [-0.25, -0.2) is 4.98 Å². The summed E-state index contributed by atoms with van der Waals surface area (Å²) in [5, 5.41) is 9.10. The number of para-hydroxylation sites is 6. The lowest BCUT2D eigenvalue weighted by Crippen LogP contribution is -2.16. The number of hydrogen-bond acceptors (Lipinski definition) is 4. The Morgan fingerprint density at radius 1 is 0.245 bits per heavy atom. The zero-order valence-corrected chi connectivity index (χ0v) is 52.4. The number of rotatable bonds is 11. The van der Waals surface area contributed by atoms with Crippen LogP contribution in [-0.2, 0) is 0 Å². The topological polar surface area (TPSA) is 52.0 Å². The van der Waals surface area contributed by atoms with Crippen molar-refractivity contribution in [2.75, 3.05) is 9.80 Å². The van der Waals surface area contributed by atoms with Crippen LogP contribution in [-0.4, -0.2) is 28.2 Å². The van der Waals surface area contributed by atoms with Crippen molar-refractivity contribution < 1.29 is 0 Å². The van der Waals surface area contributed by atoms with E-state index >= 15 is 0 Å². The summed E-state index contributed by atoms with van der Waals surface area (Å²) in [5.74, 6) is 1.53. The van der Waals surface area contributed by atoms with E-state index in [0.29, 0.717) is 0 Å². The first-order valence-electron chi connectivity index (χ1n) is 32.2. The van der Waals surface area contributed by atoms with E-state index < -0.39 is 0 Å². The molecule has 6 heterocycles. The third kappa shape index (κ3) is 8.60. The number of fused-ring (bicyclic) bond motifs is 12. The number of benzene rings is 12. The fraction of sp³-hybridized carbons (Fsp3) is 0.0465. The third-order valence-corrected chi connectivity index (χ3v) is 19.0. The highest BCUT2D eigenvalue weighted by Crippen LogP contribution is 2.50. The molecule has 0 atom stereocenters. The molecule has 0 N–H and O–H groups in total. The maximum Gasteiger partial charge on any atom is 0.165 e. The van der Waals surface area contributed by atoms with Crippen molar-refractivity contribution in [2.45, 2.75) is 27.7 Å². The molecule has 0 saturated carbocycles. The second-order valence-corrected chi connectivity index (χ2v) is 24.9. The summed E-state index contributed by atoms with van der Waals surface area (Å²) in [5.41, 5.74) is 23.4. The van der Waals surface area contributed by atoms with Crippen molar-refractivity contribution >= 4 is 121 Å².